The van der Waals surface area contributed by atoms with Crippen molar-refractivity contribution in [2.75, 3.05) is 48.4 Å². The minimum atomic E-state index is -1.19. The second-order valence-corrected chi connectivity index (χ2v) is 14.9. The van der Waals surface area contributed by atoms with Crippen molar-refractivity contribution in [2.24, 2.45) is 5.41 Å². The average molecular weight is 743 g/mol. The lowest BCUT2D eigenvalue weighted by Crippen LogP contribution is -2.62. The minimum absolute atomic E-state index is 0.0220. The van der Waals surface area contributed by atoms with Crippen LogP contribution in [0.4, 0.5) is 34.6 Å². The molecule has 4 aromatic rings. The van der Waals surface area contributed by atoms with Gasteiger partial charge >= 0.3 is 0 Å². The van der Waals surface area contributed by atoms with E-state index >= 15 is 4.39 Å². The molecular formula is C40H34F4N4O4S. The molecule has 2 saturated heterocycles. The molecule has 272 valence electrons. The zero-order chi connectivity index (χ0) is 36.9. The fraction of sp³-hybridized carbons (Fsp3) is 0.275. The van der Waals surface area contributed by atoms with Gasteiger partial charge in [-0.05, 0) is 85.8 Å². The number of carbonyl (C=O) groups is 3. The van der Waals surface area contributed by atoms with Gasteiger partial charge in [0.05, 0.1) is 16.1 Å². The van der Waals surface area contributed by atoms with E-state index in [0.717, 1.165) is 75.1 Å². The number of anilines is 3. The molecule has 3 amide bonds. The first-order valence-corrected chi connectivity index (χ1v) is 18.2. The molecular weight excluding hydrogens is 709 g/mol. The standard InChI is InChI=1S/C40H34F4N4O4S/c41-27-12-13-31-33(34(27)44)36-24(20-32(53-36)38(50)46-35-28(42)5-3-6-29(35)43)14-17-48(31)39(51)23-8-10-25(11-9-23)45-37(49)26-4-1-2-7-30(26)47-21-40(22-47)15-18-52-19-16-40/h1-6,8-13,20,30H,7,14-19,21-22H2,(H,45,49)(H,46,50). The number of carbonyl (C=O) groups excluding carboxylic acids is 3. The van der Waals surface area contributed by atoms with Crippen molar-refractivity contribution < 1.29 is 36.7 Å². The highest BCUT2D eigenvalue weighted by molar-refractivity contribution is 7.17. The van der Waals surface area contributed by atoms with E-state index in [1.165, 1.54) is 23.1 Å². The van der Waals surface area contributed by atoms with Crippen molar-refractivity contribution in [3.05, 3.63) is 124 Å². The Balaban J connectivity index is 0.987. The van der Waals surface area contributed by atoms with Crippen LogP contribution in [0.2, 0.25) is 0 Å². The van der Waals surface area contributed by atoms with E-state index < -0.39 is 40.8 Å². The fourth-order valence-corrected chi connectivity index (χ4v) is 8.83. The second kappa shape index (κ2) is 14.0. The Kier molecular flexibility index (Phi) is 9.25. The molecule has 53 heavy (non-hydrogen) atoms. The summed E-state index contributed by atoms with van der Waals surface area (Å²) in [5.41, 5.74) is 1.48. The Morgan fingerprint density at radius 1 is 0.868 bits per heavy atom. The van der Waals surface area contributed by atoms with Crippen molar-refractivity contribution in [1.82, 2.24) is 4.90 Å². The lowest BCUT2D eigenvalue weighted by atomic mass is 9.72. The monoisotopic (exact) mass is 742 g/mol. The van der Waals surface area contributed by atoms with Crippen LogP contribution in [-0.4, -0.2) is 61.5 Å². The smallest absolute Gasteiger partial charge is 0.265 e. The topological polar surface area (TPSA) is 91.0 Å². The van der Waals surface area contributed by atoms with Gasteiger partial charge in [0.1, 0.15) is 17.3 Å². The van der Waals surface area contributed by atoms with E-state index in [4.69, 9.17) is 4.74 Å². The number of rotatable bonds is 6. The maximum atomic E-state index is 15.6. The normalized spacial score (nSPS) is 19.1. The van der Waals surface area contributed by atoms with Gasteiger partial charge < -0.3 is 20.3 Å². The molecule has 4 aliphatic rings. The average Bonchev–Trinajstić information content (AvgIpc) is 3.51. The molecule has 0 bridgehead atoms. The van der Waals surface area contributed by atoms with Crippen LogP contribution in [0.1, 0.15) is 44.9 Å². The molecule has 0 radical (unpaired) electrons. The number of nitrogens with one attached hydrogen (secondary N) is 2. The Hall–Kier alpha value is -5.11. The number of hydrogen-bond donors (Lipinski definition) is 2. The zero-order valence-corrected chi connectivity index (χ0v) is 29.2. The van der Waals surface area contributed by atoms with Crippen LogP contribution in [0.3, 0.4) is 0 Å². The highest BCUT2D eigenvalue weighted by Crippen LogP contribution is 2.45. The molecule has 2 N–H and O–H groups in total. The van der Waals surface area contributed by atoms with E-state index in [-0.39, 0.29) is 56.9 Å². The third-order valence-electron chi connectivity index (χ3n) is 10.5. The van der Waals surface area contributed by atoms with Crippen LogP contribution in [0, 0.1) is 28.7 Å². The number of halogens is 4. The summed E-state index contributed by atoms with van der Waals surface area (Å²) >= 11 is 0.836. The SMILES string of the molecule is O=C(Nc1ccc(C(=O)N2CCc3cc(C(=O)Nc4c(F)cccc4F)sc3-c3c2ccc(F)c3F)cc1)C1=CC=CCC1N1CC2(CCOCC2)C1. The van der Waals surface area contributed by atoms with Crippen LogP contribution in [0.5, 0.6) is 0 Å². The van der Waals surface area contributed by atoms with E-state index in [0.29, 0.717) is 16.8 Å². The molecule has 8 rings (SSSR count). The summed E-state index contributed by atoms with van der Waals surface area (Å²) in [5.74, 6) is -5.76. The Bertz CT molecular complexity index is 2170. The third-order valence-corrected chi connectivity index (χ3v) is 11.7. The molecule has 2 fully saturated rings. The number of thiophene rings is 1. The summed E-state index contributed by atoms with van der Waals surface area (Å²) in [5, 5.41) is 5.20. The molecule has 1 aromatic heterocycles. The van der Waals surface area contributed by atoms with Gasteiger partial charge in [0.15, 0.2) is 11.6 Å². The van der Waals surface area contributed by atoms with Crippen LogP contribution in [0.15, 0.2) is 84.5 Å². The minimum Gasteiger partial charge on any atom is -0.381 e. The maximum absolute atomic E-state index is 15.6. The molecule has 1 aliphatic carbocycles. The number of benzene rings is 3. The van der Waals surface area contributed by atoms with E-state index in [2.05, 4.69) is 21.6 Å². The molecule has 3 aliphatic heterocycles. The number of amides is 3. The van der Waals surface area contributed by atoms with E-state index in [9.17, 15) is 27.6 Å². The van der Waals surface area contributed by atoms with Gasteiger partial charge in [-0.25, -0.2) is 17.6 Å². The van der Waals surface area contributed by atoms with Gasteiger partial charge in [-0.3, -0.25) is 19.3 Å². The molecule has 4 heterocycles. The number of ether oxygens (including phenoxy) is 1. The van der Waals surface area contributed by atoms with Crippen LogP contribution < -0.4 is 15.5 Å². The Morgan fingerprint density at radius 3 is 2.34 bits per heavy atom. The predicted molar refractivity (Wildman–Crippen MR) is 194 cm³/mol. The zero-order valence-electron chi connectivity index (χ0n) is 28.4. The Labute approximate surface area is 306 Å². The van der Waals surface area contributed by atoms with Gasteiger partial charge in [-0.1, -0.05) is 24.3 Å². The van der Waals surface area contributed by atoms with Crippen molar-refractivity contribution in [3.63, 3.8) is 0 Å². The van der Waals surface area contributed by atoms with Crippen molar-refractivity contribution in [3.8, 4) is 10.4 Å². The summed E-state index contributed by atoms with van der Waals surface area (Å²) in [6.45, 7) is 3.50. The number of fused-ring (bicyclic) bond motifs is 3. The first kappa shape index (κ1) is 34.9. The lowest BCUT2D eigenvalue weighted by Gasteiger charge is -2.55. The van der Waals surface area contributed by atoms with E-state index in [1.54, 1.807) is 24.3 Å². The van der Waals surface area contributed by atoms with Gasteiger partial charge in [-0.2, -0.15) is 0 Å². The molecule has 1 unspecified atom stereocenters. The summed E-state index contributed by atoms with van der Waals surface area (Å²) in [6, 6.07) is 13.3. The second-order valence-electron chi connectivity index (χ2n) is 13.8. The summed E-state index contributed by atoms with van der Waals surface area (Å²) < 4.78 is 64.3. The predicted octanol–water partition coefficient (Wildman–Crippen LogP) is 7.73. The number of hydrogen-bond acceptors (Lipinski definition) is 6. The first-order chi connectivity index (χ1) is 25.6. The van der Waals surface area contributed by atoms with Crippen molar-refractivity contribution in [2.45, 2.75) is 31.7 Å². The molecule has 8 nitrogen and oxygen atoms in total. The Morgan fingerprint density at radius 2 is 1.60 bits per heavy atom. The number of para-hydroxylation sites is 1. The quantitative estimate of drug-likeness (QED) is 0.198. The third kappa shape index (κ3) is 6.57. The van der Waals surface area contributed by atoms with Gasteiger partial charge in [0.2, 0.25) is 0 Å². The fourth-order valence-electron chi connectivity index (χ4n) is 7.68. The van der Waals surface area contributed by atoms with Crippen molar-refractivity contribution in [1.29, 1.82) is 0 Å². The molecule has 3 aromatic carbocycles. The summed E-state index contributed by atoms with van der Waals surface area (Å²) in [6.07, 6.45) is 8.82. The highest BCUT2D eigenvalue weighted by atomic mass is 32.1. The van der Waals surface area contributed by atoms with Crippen LogP contribution in [-0.2, 0) is 16.0 Å². The molecule has 13 heteroatoms. The van der Waals surface area contributed by atoms with Gasteiger partial charge in [-0.15, -0.1) is 11.3 Å². The maximum Gasteiger partial charge on any atom is 0.265 e. The van der Waals surface area contributed by atoms with Crippen LogP contribution >= 0.6 is 11.3 Å². The lowest BCUT2D eigenvalue weighted by molar-refractivity contribution is -0.116. The number of nitrogens with zero attached hydrogens (tertiary/aromatic N) is 2. The van der Waals surface area contributed by atoms with Crippen molar-refractivity contribution >= 4 is 46.1 Å². The van der Waals surface area contributed by atoms with Crippen LogP contribution in [0.25, 0.3) is 10.4 Å². The summed E-state index contributed by atoms with van der Waals surface area (Å²) in [7, 11) is 0. The molecule has 0 saturated carbocycles. The van der Waals surface area contributed by atoms with Gasteiger partial charge in [0.25, 0.3) is 17.7 Å². The summed E-state index contributed by atoms with van der Waals surface area (Å²) in [4.78, 5) is 44.5. The number of likely N-dealkylation sites (tertiary alicyclic amines) is 1. The molecule has 1 spiro atoms. The largest absolute Gasteiger partial charge is 0.381 e. The molecule has 1 atom stereocenters. The van der Waals surface area contributed by atoms with E-state index in [1.807, 2.05) is 12.2 Å². The van der Waals surface area contributed by atoms with Gasteiger partial charge in [0, 0.05) is 66.0 Å². The highest BCUT2D eigenvalue weighted by Gasteiger charge is 2.47. The first-order valence-electron chi connectivity index (χ1n) is 17.4. The number of allylic oxidation sites excluding steroid dienone is 2.